The molecular formula is C14H21ClN2O2. The molecule has 0 saturated carbocycles. The first-order valence-corrected chi connectivity index (χ1v) is 6.69. The summed E-state index contributed by atoms with van der Waals surface area (Å²) < 4.78 is 5.21. The number of halogens is 1. The summed E-state index contributed by atoms with van der Waals surface area (Å²) in [6.45, 7) is 5.82. The number of ether oxygens (including phenoxy) is 1. The lowest BCUT2D eigenvalue weighted by atomic mass is 9.99. The Morgan fingerprint density at radius 3 is 2.68 bits per heavy atom. The van der Waals surface area contributed by atoms with Gasteiger partial charge in [-0.1, -0.05) is 31.9 Å². The van der Waals surface area contributed by atoms with Gasteiger partial charge in [0.25, 0.3) is 0 Å². The minimum atomic E-state index is -0.536. The van der Waals surface area contributed by atoms with Gasteiger partial charge in [-0.3, -0.25) is 4.79 Å². The molecule has 5 heteroatoms. The van der Waals surface area contributed by atoms with Crippen LogP contribution < -0.4 is 15.8 Å². The summed E-state index contributed by atoms with van der Waals surface area (Å²) in [5, 5.41) is 3.40. The molecule has 3 N–H and O–H groups in total. The van der Waals surface area contributed by atoms with Gasteiger partial charge in [-0.2, -0.15) is 0 Å². The molecule has 1 aromatic rings. The number of nitrogens with two attached hydrogens (primary N) is 1. The molecule has 0 bridgehead atoms. The predicted octanol–water partition coefficient (Wildman–Crippen LogP) is 2.97. The van der Waals surface area contributed by atoms with Gasteiger partial charge in [-0.05, 0) is 24.5 Å². The van der Waals surface area contributed by atoms with E-state index in [2.05, 4.69) is 5.32 Å². The van der Waals surface area contributed by atoms with Crippen molar-refractivity contribution < 1.29 is 9.53 Å². The van der Waals surface area contributed by atoms with Crippen LogP contribution in [0.1, 0.15) is 25.8 Å². The van der Waals surface area contributed by atoms with Gasteiger partial charge in [0.15, 0.2) is 0 Å². The minimum Gasteiger partial charge on any atom is -0.495 e. The molecule has 0 spiro atoms. The average Bonchev–Trinajstić information content (AvgIpc) is 2.40. The summed E-state index contributed by atoms with van der Waals surface area (Å²) in [4.78, 5) is 12.1. The molecule has 0 aliphatic heterocycles. The van der Waals surface area contributed by atoms with Gasteiger partial charge in [-0.15, -0.1) is 0 Å². The SMILES string of the molecule is CCC(C)C(N)C(=O)Nc1cc(C)c(Cl)cc1OC. The number of rotatable bonds is 5. The highest BCUT2D eigenvalue weighted by Crippen LogP contribution is 2.31. The van der Waals surface area contributed by atoms with Crippen molar-refractivity contribution in [2.24, 2.45) is 11.7 Å². The zero-order valence-electron chi connectivity index (χ0n) is 11.8. The number of methoxy groups -OCH3 is 1. The number of amides is 1. The highest BCUT2D eigenvalue weighted by atomic mass is 35.5. The van der Waals surface area contributed by atoms with Crippen molar-refractivity contribution in [2.45, 2.75) is 33.2 Å². The molecule has 0 aromatic heterocycles. The van der Waals surface area contributed by atoms with Crippen LogP contribution in [0.25, 0.3) is 0 Å². The quantitative estimate of drug-likeness (QED) is 0.874. The van der Waals surface area contributed by atoms with Crippen molar-refractivity contribution in [1.82, 2.24) is 0 Å². The first-order chi connectivity index (χ1) is 8.90. The van der Waals surface area contributed by atoms with Crippen LogP contribution >= 0.6 is 11.6 Å². The maximum atomic E-state index is 12.1. The second-order valence-electron chi connectivity index (χ2n) is 4.70. The molecule has 0 aliphatic carbocycles. The highest BCUT2D eigenvalue weighted by Gasteiger charge is 2.20. The summed E-state index contributed by atoms with van der Waals surface area (Å²) in [7, 11) is 1.53. The van der Waals surface area contributed by atoms with Crippen molar-refractivity contribution in [3.63, 3.8) is 0 Å². The van der Waals surface area contributed by atoms with Crippen LogP contribution in [0.2, 0.25) is 5.02 Å². The molecule has 1 amide bonds. The number of hydrogen-bond donors (Lipinski definition) is 2. The van der Waals surface area contributed by atoms with E-state index in [1.54, 1.807) is 12.1 Å². The van der Waals surface area contributed by atoms with Crippen molar-refractivity contribution in [2.75, 3.05) is 12.4 Å². The third-order valence-corrected chi connectivity index (χ3v) is 3.71. The van der Waals surface area contributed by atoms with Crippen LogP contribution in [0.4, 0.5) is 5.69 Å². The third kappa shape index (κ3) is 3.85. The number of carbonyl (C=O) groups excluding carboxylic acids is 1. The fraction of sp³-hybridized carbons (Fsp3) is 0.500. The topological polar surface area (TPSA) is 64.4 Å². The molecule has 1 rings (SSSR count). The van der Waals surface area contributed by atoms with Gasteiger partial charge in [0.1, 0.15) is 5.75 Å². The van der Waals surface area contributed by atoms with Gasteiger partial charge in [0, 0.05) is 11.1 Å². The van der Waals surface area contributed by atoms with Crippen molar-refractivity contribution in [3.8, 4) is 5.75 Å². The van der Waals surface area contributed by atoms with E-state index in [1.165, 1.54) is 7.11 Å². The lowest BCUT2D eigenvalue weighted by Crippen LogP contribution is -2.40. The Kier molecular flexibility index (Phi) is 5.63. The maximum Gasteiger partial charge on any atom is 0.241 e. The van der Waals surface area contributed by atoms with Crippen LogP contribution in [-0.2, 0) is 4.79 Å². The average molecular weight is 285 g/mol. The van der Waals surface area contributed by atoms with E-state index in [-0.39, 0.29) is 11.8 Å². The van der Waals surface area contributed by atoms with E-state index < -0.39 is 6.04 Å². The van der Waals surface area contributed by atoms with Crippen molar-refractivity contribution >= 4 is 23.2 Å². The van der Waals surface area contributed by atoms with Gasteiger partial charge in [0.05, 0.1) is 18.8 Å². The summed E-state index contributed by atoms with van der Waals surface area (Å²) in [5.74, 6) is 0.439. The fourth-order valence-corrected chi connectivity index (χ4v) is 1.81. The molecule has 0 fully saturated rings. The first-order valence-electron chi connectivity index (χ1n) is 6.31. The second kappa shape index (κ2) is 6.78. The summed E-state index contributed by atoms with van der Waals surface area (Å²) in [6.07, 6.45) is 0.853. The normalized spacial score (nSPS) is 13.8. The number of hydrogen-bond acceptors (Lipinski definition) is 3. The number of carbonyl (C=O) groups is 1. The lowest BCUT2D eigenvalue weighted by molar-refractivity contribution is -0.118. The van der Waals surface area contributed by atoms with Gasteiger partial charge in [-0.25, -0.2) is 0 Å². The Morgan fingerprint density at radius 1 is 1.53 bits per heavy atom. The smallest absolute Gasteiger partial charge is 0.241 e. The zero-order chi connectivity index (χ0) is 14.6. The number of benzene rings is 1. The molecule has 4 nitrogen and oxygen atoms in total. The predicted molar refractivity (Wildman–Crippen MR) is 78.8 cm³/mol. The standard InChI is InChI=1S/C14H21ClN2O2/c1-5-8(2)13(16)14(18)17-11-6-9(3)10(15)7-12(11)19-4/h6-8,13H,5,16H2,1-4H3,(H,17,18). The van der Waals surface area contributed by atoms with Crippen molar-refractivity contribution in [1.29, 1.82) is 0 Å². The van der Waals surface area contributed by atoms with E-state index in [0.29, 0.717) is 16.5 Å². The first kappa shape index (κ1) is 15.8. The Morgan fingerprint density at radius 2 is 2.16 bits per heavy atom. The number of aryl methyl sites for hydroxylation is 1. The molecular weight excluding hydrogens is 264 g/mol. The third-order valence-electron chi connectivity index (χ3n) is 3.30. The van der Waals surface area contributed by atoms with Gasteiger partial charge >= 0.3 is 0 Å². The van der Waals surface area contributed by atoms with E-state index in [0.717, 1.165) is 12.0 Å². The van der Waals surface area contributed by atoms with Crippen LogP contribution in [0, 0.1) is 12.8 Å². The van der Waals surface area contributed by atoms with Gasteiger partial charge in [0.2, 0.25) is 5.91 Å². The fourth-order valence-electron chi connectivity index (χ4n) is 1.66. The number of nitrogens with one attached hydrogen (secondary N) is 1. The molecule has 2 atom stereocenters. The minimum absolute atomic E-state index is 0.124. The van der Waals surface area contributed by atoms with Gasteiger partial charge < -0.3 is 15.8 Å². The molecule has 0 radical (unpaired) electrons. The second-order valence-corrected chi connectivity index (χ2v) is 5.11. The van der Waals surface area contributed by atoms with E-state index >= 15 is 0 Å². The van der Waals surface area contributed by atoms with Crippen LogP contribution in [0.15, 0.2) is 12.1 Å². The maximum absolute atomic E-state index is 12.1. The molecule has 19 heavy (non-hydrogen) atoms. The Bertz CT molecular complexity index is 463. The molecule has 106 valence electrons. The van der Waals surface area contributed by atoms with Crippen LogP contribution in [0.3, 0.4) is 0 Å². The Labute approximate surface area is 119 Å². The molecule has 0 aliphatic rings. The summed E-state index contributed by atoms with van der Waals surface area (Å²) in [6, 6.07) is 2.93. The molecule has 2 unspecified atom stereocenters. The molecule has 0 heterocycles. The van der Waals surface area contributed by atoms with Crippen molar-refractivity contribution in [3.05, 3.63) is 22.7 Å². The molecule has 1 aromatic carbocycles. The monoisotopic (exact) mass is 284 g/mol. The largest absolute Gasteiger partial charge is 0.495 e. The van der Waals surface area contributed by atoms with E-state index in [4.69, 9.17) is 22.1 Å². The number of anilines is 1. The van der Waals surface area contributed by atoms with E-state index in [9.17, 15) is 4.79 Å². The van der Waals surface area contributed by atoms with E-state index in [1.807, 2.05) is 20.8 Å². The van der Waals surface area contributed by atoms with Crippen LogP contribution in [-0.4, -0.2) is 19.1 Å². The summed E-state index contributed by atoms with van der Waals surface area (Å²) >= 11 is 6.02. The van der Waals surface area contributed by atoms with Crippen LogP contribution in [0.5, 0.6) is 5.75 Å². The Balaban J connectivity index is 2.93. The summed E-state index contributed by atoms with van der Waals surface area (Å²) in [5.41, 5.74) is 7.36. The zero-order valence-corrected chi connectivity index (χ0v) is 12.5. The lowest BCUT2D eigenvalue weighted by Gasteiger charge is -2.19. The molecule has 0 saturated heterocycles. The Hall–Kier alpha value is -1.26. The highest BCUT2D eigenvalue weighted by molar-refractivity contribution is 6.31.